The van der Waals surface area contributed by atoms with Crippen LogP contribution in [0.5, 0.6) is 5.75 Å². The van der Waals surface area contributed by atoms with Gasteiger partial charge in [0.2, 0.25) is 0 Å². The molecule has 0 spiro atoms. The van der Waals surface area contributed by atoms with Crippen molar-refractivity contribution in [1.82, 2.24) is 9.88 Å². The van der Waals surface area contributed by atoms with Crippen LogP contribution in [0, 0.1) is 5.82 Å². The number of likely N-dealkylation sites (N-methyl/N-ethyl adjacent to an activating group) is 1. The molecule has 4 heteroatoms. The highest BCUT2D eigenvalue weighted by molar-refractivity contribution is 5.90. The Balaban J connectivity index is 2.04. The van der Waals surface area contributed by atoms with Gasteiger partial charge in [0.05, 0.1) is 5.52 Å². The summed E-state index contributed by atoms with van der Waals surface area (Å²) >= 11 is 0. The van der Waals surface area contributed by atoms with E-state index in [1.165, 1.54) is 6.07 Å². The van der Waals surface area contributed by atoms with Crippen molar-refractivity contribution in [3.63, 3.8) is 0 Å². The van der Waals surface area contributed by atoms with Crippen LogP contribution in [0.3, 0.4) is 0 Å². The highest BCUT2D eigenvalue weighted by Gasteiger charge is 2.18. The molecular formula is C20H23FN2O. The molecule has 0 aliphatic carbocycles. The fourth-order valence-corrected chi connectivity index (χ4v) is 3.05. The van der Waals surface area contributed by atoms with Crippen molar-refractivity contribution in [3.05, 3.63) is 65.6 Å². The Kier molecular flexibility index (Phi) is 4.86. The quantitative estimate of drug-likeness (QED) is 0.734. The standard InChI is InChI=1S/C20H23FN2O/c1-14(15-7-5-4-6-8-15)24-20-17(21)9-10-18-19(20)16(11-12-22-2)13-23(18)3/h4-10,13-14,22H,11-12H2,1-3H3. The first kappa shape index (κ1) is 16.5. The average molecular weight is 326 g/mol. The summed E-state index contributed by atoms with van der Waals surface area (Å²) in [4.78, 5) is 0. The van der Waals surface area contributed by atoms with Crippen molar-refractivity contribution in [2.45, 2.75) is 19.4 Å². The van der Waals surface area contributed by atoms with Crippen LogP contribution in [0.25, 0.3) is 10.9 Å². The number of ether oxygens (including phenoxy) is 1. The average Bonchev–Trinajstić information content (AvgIpc) is 2.92. The van der Waals surface area contributed by atoms with E-state index in [1.807, 2.05) is 62.0 Å². The Morgan fingerprint density at radius 2 is 1.92 bits per heavy atom. The molecule has 3 rings (SSSR count). The maximum atomic E-state index is 14.6. The van der Waals surface area contributed by atoms with E-state index in [0.29, 0.717) is 5.75 Å². The van der Waals surface area contributed by atoms with E-state index in [1.54, 1.807) is 0 Å². The highest BCUT2D eigenvalue weighted by Crippen LogP contribution is 2.35. The topological polar surface area (TPSA) is 26.2 Å². The molecule has 0 fully saturated rings. The number of nitrogens with one attached hydrogen (secondary N) is 1. The van der Waals surface area contributed by atoms with E-state index < -0.39 is 0 Å². The zero-order chi connectivity index (χ0) is 17.1. The third-order valence-electron chi connectivity index (χ3n) is 4.35. The second-order valence-corrected chi connectivity index (χ2v) is 6.06. The molecule has 0 bridgehead atoms. The lowest BCUT2D eigenvalue weighted by Crippen LogP contribution is -2.10. The van der Waals surface area contributed by atoms with Crippen molar-refractivity contribution < 1.29 is 9.13 Å². The molecule has 2 aromatic carbocycles. The smallest absolute Gasteiger partial charge is 0.165 e. The molecule has 3 aromatic rings. The molecular weight excluding hydrogens is 303 g/mol. The van der Waals surface area contributed by atoms with Crippen molar-refractivity contribution in [3.8, 4) is 5.75 Å². The lowest BCUT2D eigenvalue weighted by Gasteiger charge is -2.17. The molecule has 1 N–H and O–H groups in total. The Hall–Kier alpha value is -2.33. The van der Waals surface area contributed by atoms with Crippen LogP contribution in [0.2, 0.25) is 0 Å². The van der Waals surface area contributed by atoms with Gasteiger partial charge in [-0.1, -0.05) is 30.3 Å². The Morgan fingerprint density at radius 3 is 2.62 bits per heavy atom. The zero-order valence-electron chi connectivity index (χ0n) is 14.3. The summed E-state index contributed by atoms with van der Waals surface area (Å²) in [6, 6.07) is 13.2. The van der Waals surface area contributed by atoms with Gasteiger partial charge in [0.25, 0.3) is 0 Å². The van der Waals surface area contributed by atoms with Crippen LogP contribution in [-0.4, -0.2) is 18.2 Å². The maximum absolute atomic E-state index is 14.6. The number of fused-ring (bicyclic) bond motifs is 1. The number of benzene rings is 2. The molecule has 0 aliphatic rings. The monoisotopic (exact) mass is 326 g/mol. The van der Waals surface area contributed by atoms with E-state index in [4.69, 9.17) is 4.74 Å². The first-order chi connectivity index (χ1) is 11.6. The molecule has 0 radical (unpaired) electrons. The first-order valence-corrected chi connectivity index (χ1v) is 8.24. The second-order valence-electron chi connectivity index (χ2n) is 6.06. The number of hydrogen-bond donors (Lipinski definition) is 1. The molecule has 1 heterocycles. The lowest BCUT2D eigenvalue weighted by molar-refractivity contribution is 0.219. The summed E-state index contributed by atoms with van der Waals surface area (Å²) in [5.41, 5.74) is 3.11. The molecule has 0 aliphatic heterocycles. The minimum Gasteiger partial charge on any atom is -0.482 e. The summed E-state index contributed by atoms with van der Waals surface area (Å²) in [5, 5.41) is 4.02. The Labute approximate surface area is 142 Å². The number of rotatable bonds is 6. The molecule has 126 valence electrons. The SMILES string of the molecule is CNCCc1cn(C)c2ccc(F)c(OC(C)c3ccccc3)c12. The number of aryl methyl sites for hydroxylation is 1. The van der Waals surface area contributed by atoms with Crippen LogP contribution in [0.15, 0.2) is 48.7 Å². The van der Waals surface area contributed by atoms with Gasteiger partial charge in [0.15, 0.2) is 11.6 Å². The van der Waals surface area contributed by atoms with Gasteiger partial charge in [-0.25, -0.2) is 4.39 Å². The molecule has 0 saturated carbocycles. The minimum absolute atomic E-state index is 0.219. The predicted octanol–water partition coefficient (Wildman–Crippen LogP) is 4.22. The Morgan fingerprint density at radius 1 is 1.17 bits per heavy atom. The summed E-state index contributed by atoms with van der Waals surface area (Å²) < 4.78 is 22.7. The van der Waals surface area contributed by atoms with Crippen LogP contribution in [-0.2, 0) is 13.5 Å². The van der Waals surface area contributed by atoms with Crippen molar-refractivity contribution >= 4 is 10.9 Å². The first-order valence-electron chi connectivity index (χ1n) is 8.24. The second kappa shape index (κ2) is 7.05. The van der Waals surface area contributed by atoms with Gasteiger partial charge in [-0.2, -0.15) is 0 Å². The van der Waals surface area contributed by atoms with Crippen LogP contribution < -0.4 is 10.1 Å². The summed E-state index contributed by atoms with van der Waals surface area (Å²) in [5.74, 6) is 0.0257. The van der Waals surface area contributed by atoms with Gasteiger partial charge in [-0.3, -0.25) is 0 Å². The van der Waals surface area contributed by atoms with Gasteiger partial charge in [0.1, 0.15) is 6.10 Å². The molecule has 1 aromatic heterocycles. The van der Waals surface area contributed by atoms with E-state index in [9.17, 15) is 4.39 Å². The molecule has 24 heavy (non-hydrogen) atoms. The van der Waals surface area contributed by atoms with Gasteiger partial charge < -0.3 is 14.6 Å². The van der Waals surface area contributed by atoms with Crippen LogP contribution in [0.1, 0.15) is 24.2 Å². The minimum atomic E-state index is -0.317. The number of halogens is 1. The van der Waals surface area contributed by atoms with Crippen molar-refractivity contribution in [1.29, 1.82) is 0 Å². The fraction of sp³-hybridized carbons (Fsp3) is 0.300. The van der Waals surface area contributed by atoms with E-state index in [-0.39, 0.29) is 11.9 Å². The largest absolute Gasteiger partial charge is 0.482 e. The molecule has 1 unspecified atom stereocenters. The third-order valence-corrected chi connectivity index (χ3v) is 4.35. The molecule has 0 saturated heterocycles. The normalized spacial score (nSPS) is 12.5. The Bertz CT molecular complexity index is 827. The van der Waals surface area contributed by atoms with Gasteiger partial charge >= 0.3 is 0 Å². The van der Waals surface area contributed by atoms with Gasteiger partial charge in [-0.15, -0.1) is 0 Å². The summed E-state index contributed by atoms with van der Waals surface area (Å²) in [6.07, 6.45) is 2.66. The maximum Gasteiger partial charge on any atom is 0.165 e. The summed E-state index contributed by atoms with van der Waals surface area (Å²) in [7, 11) is 3.90. The fourth-order valence-electron chi connectivity index (χ4n) is 3.05. The highest BCUT2D eigenvalue weighted by atomic mass is 19.1. The van der Waals surface area contributed by atoms with Crippen LogP contribution in [0.4, 0.5) is 4.39 Å². The third kappa shape index (κ3) is 3.15. The van der Waals surface area contributed by atoms with E-state index >= 15 is 0 Å². The zero-order valence-corrected chi connectivity index (χ0v) is 14.3. The van der Waals surface area contributed by atoms with Crippen LogP contribution >= 0.6 is 0 Å². The number of hydrogen-bond acceptors (Lipinski definition) is 2. The van der Waals surface area contributed by atoms with Crippen molar-refractivity contribution in [2.24, 2.45) is 7.05 Å². The van der Waals surface area contributed by atoms with Gasteiger partial charge in [-0.05, 0) is 50.2 Å². The van der Waals surface area contributed by atoms with E-state index in [0.717, 1.165) is 35.0 Å². The molecule has 3 nitrogen and oxygen atoms in total. The lowest BCUT2D eigenvalue weighted by atomic mass is 10.1. The number of nitrogens with zero attached hydrogens (tertiary/aromatic N) is 1. The molecule has 0 amide bonds. The van der Waals surface area contributed by atoms with Gasteiger partial charge in [0, 0.05) is 18.6 Å². The molecule has 1 atom stereocenters. The van der Waals surface area contributed by atoms with E-state index in [2.05, 4.69) is 11.5 Å². The summed E-state index contributed by atoms with van der Waals surface area (Å²) in [6.45, 7) is 2.78. The number of aromatic nitrogens is 1. The van der Waals surface area contributed by atoms with Crippen molar-refractivity contribution in [2.75, 3.05) is 13.6 Å². The predicted molar refractivity (Wildman–Crippen MR) is 96.0 cm³/mol.